The van der Waals surface area contributed by atoms with E-state index in [9.17, 15) is 25.9 Å². The molecule has 0 spiro atoms. The summed E-state index contributed by atoms with van der Waals surface area (Å²) in [5, 5.41) is 0. The molecule has 2 N–H and O–H groups in total. The number of hydrogen-bond donors (Lipinski definition) is 2. The van der Waals surface area contributed by atoms with Crippen molar-refractivity contribution in [1.82, 2.24) is 0 Å². The van der Waals surface area contributed by atoms with E-state index in [2.05, 4.69) is 0 Å². The molecule has 0 aromatic heterocycles. The SMILES string of the molecule is Cc1ccc(S(=O)(=O)O)c(CCC(C)CCc2cc(C)ccc2S(=O)(=O)O)c1. The van der Waals surface area contributed by atoms with Gasteiger partial charge in [-0.15, -0.1) is 0 Å². The highest BCUT2D eigenvalue weighted by atomic mass is 32.2. The van der Waals surface area contributed by atoms with Crippen LogP contribution in [-0.2, 0) is 33.1 Å². The number of benzene rings is 2. The van der Waals surface area contributed by atoms with Crippen molar-refractivity contribution < 1.29 is 25.9 Å². The van der Waals surface area contributed by atoms with Crippen molar-refractivity contribution in [2.45, 2.75) is 56.2 Å². The zero-order valence-electron chi connectivity index (χ0n) is 16.2. The van der Waals surface area contributed by atoms with E-state index >= 15 is 0 Å². The first-order valence-electron chi connectivity index (χ1n) is 9.02. The van der Waals surface area contributed by atoms with Crippen molar-refractivity contribution in [2.75, 3.05) is 0 Å². The van der Waals surface area contributed by atoms with Crippen LogP contribution in [0.25, 0.3) is 0 Å². The Morgan fingerprint density at radius 1 is 0.750 bits per heavy atom. The monoisotopic (exact) mass is 426 g/mol. The molecule has 6 nitrogen and oxygen atoms in total. The largest absolute Gasteiger partial charge is 0.294 e. The molecule has 0 fully saturated rings. The molecule has 0 unspecified atom stereocenters. The number of aryl methyl sites for hydroxylation is 4. The molecule has 0 heterocycles. The minimum Gasteiger partial charge on any atom is -0.282 e. The van der Waals surface area contributed by atoms with Gasteiger partial charge >= 0.3 is 0 Å². The topological polar surface area (TPSA) is 109 Å². The third-order valence-electron chi connectivity index (χ3n) is 4.80. The second kappa shape index (κ2) is 8.73. The number of rotatable bonds is 8. The van der Waals surface area contributed by atoms with Crippen molar-refractivity contribution >= 4 is 20.2 Å². The Hall–Kier alpha value is -1.74. The molecule has 28 heavy (non-hydrogen) atoms. The Morgan fingerprint density at radius 3 is 1.43 bits per heavy atom. The first-order valence-corrected chi connectivity index (χ1v) is 11.9. The fraction of sp³-hybridized carbons (Fsp3) is 0.400. The van der Waals surface area contributed by atoms with Gasteiger partial charge in [-0.1, -0.05) is 42.3 Å². The first kappa shape index (κ1) is 22.5. The van der Waals surface area contributed by atoms with Crippen LogP contribution in [0.5, 0.6) is 0 Å². The quantitative estimate of drug-likeness (QED) is 0.618. The fourth-order valence-electron chi connectivity index (χ4n) is 3.26. The van der Waals surface area contributed by atoms with Crippen LogP contribution in [0.2, 0.25) is 0 Å². The molecule has 2 aromatic carbocycles. The maximum absolute atomic E-state index is 11.6. The van der Waals surface area contributed by atoms with Gasteiger partial charge in [0.05, 0.1) is 9.79 Å². The van der Waals surface area contributed by atoms with E-state index in [-0.39, 0.29) is 15.7 Å². The molecule has 8 heteroatoms. The summed E-state index contributed by atoms with van der Waals surface area (Å²) in [7, 11) is -8.55. The first-order chi connectivity index (χ1) is 12.9. The van der Waals surface area contributed by atoms with Crippen molar-refractivity contribution in [3.63, 3.8) is 0 Å². The van der Waals surface area contributed by atoms with Gasteiger partial charge in [0.2, 0.25) is 0 Å². The standard InChI is InChI=1S/C20H26O6S2/c1-14(4-8-17-12-15(2)6-10-19(17)27(21,22)23)5-9-18-13-16(3)7-11-20(18)28(24,25)26/h6-7,10-14H,4-5,8-9H2,1-3H3,(H,21,22,23)(H,24,25,26). The van der Waals surface area contributed by atoms with Crippen molar-refractivity contribution in [3.8, 4) is 0 Å². The van der Waals surface area contributed by atoms with E-state index in [1.165, 1.54) is 12.1 Å². The van der Waals surface area contributed by atoms with Gasteiger partial charge in [-0.25, -0.2) is 0 Å². The zero-order valence-corrected chi connectivity index (χ0v) is 17.8. The Kier molecular flexibility index (Phi) is 7.03. The lowest BCUT2D eigenvalue weighted by Gasteiger charge is -2.15. The average Bonchev–Trinajstić information content (AvgIpc) is 2.56. The van der Waals surface area contributed by atoms with E-state index in [0.717, 1.165) is 11.1 Å². The summed E-state index contributed by atoms with van der Waals surface area (Å²) in [6.45, 7) is 5.72. The summed E-state index contributed by atoms with van der Waals surface area (Å²) in [5.41, 5.74) is 2.97. The molecule has 0 aliphatic heterocycles. The zero-order chi connectivity index (χ0) is 21.1. The third kappa shape index (κ3) is 6.13. The summed E-state index contributed by atoms with van der Waals surface area (Å²) in [4.78, 5) is -0.143. The highest BCUT2D eigenvalue weighted by molar-refractivity contribution is 7.86. The van der Waals surface area contributed by atoms with Crippen LogP contribution >= 0.6 is 0 Å². The van der Waals surface area contributed by atoms with E-state index in [4.69, 9.17) is 0 Å². The van der Waals surface area contributed by atoms with Gasteiger partial charge in [0, 0.05) is 0 Å². The molecule has 0 radical (unpaired) electrons. The van der Waals surface area contributed by atoms with Gasteiger partial charge in [0.15, 0.2) is 0 Å². The normalized spacial score (nSPS) is 12.5. The summed E-state index contributed by atoms with van der Waals surface area (Å²) in [6.07, 6.45) is 2.33. The van der Waals surface area contributed by atoms with Crippen LogP contribution in [0.1, 0.15) is 42.0 Å². The maximum Gasteiger partial charge on any atom is 0.294 e. The molecule has 0 saturated heterocycles. The molecule has 2 aromatic rings. The van der Waals surface area contributed by atoms with Gasteiger partial charge < -0.3 is 0 Å². The summed E-state index contributed by atoms with van der Waals surface area (Å²) < 4.78 is 65.0. The average molecular weight is 427 g/mol. The molecule has 0 aliphatic carbocycles. The van der Waals surface area contributed by atoms with E-state index in [1.807, 2.05) is 20.8 Å². The highest BCUT2D eigenvalue weighted by Crippen LogP contribution is 2.24. The molecule has 0 saturated carbocycles. The van der Waals surface area contributed by atoms with Crippen molar-refractivity contribution in [3.05, 3.63) is 58.7 Å². The van der Waals surface area contributed by atoms with E-state index in [1.54, 1.807) is 24.3 Å². The smallest absolute Gasteiger partial charge is 0.282 e. The molecular formula is C20H26O6S2. The van der Waals surface area contributed by atoms with Gasteiger partial charge in [-0.05, 0) is 68.7 Å². The minimum absolute atomic E-state index is 0.0716. The second-order valence-electron chi connectivity index (χ2n) is 7.36. The molecule has 2 rings (SSSR count). The lowest BCUT2D eigenvalue weighted by molar-refractivity contribution is 0.472. The summed E-state index contributed by atoms with van der Waals surface area (Å²) in [6, 6.07) is 9.63. The molecule has 0 amide bonds. The van der Waals surface area contributed by atoms with Crippen LogP contribution in [0, 0.1) is 19.8 Å². The Morgan fingerprint density at radius 2 is 1.11 bits per heavy atom. The lowest BCUT2D eigenvalue weighted by Crippen LogP contribution is -2.08. The summed E-state index contributed by atoms with van der Waals surface area (Å²) in [5.74, 6) is 0.185. The number of hydrogen-bond acceptors (Lipinski definition) is 4. The molecular weight excluding hydrogens is 400 g/mol. The highest BCUT2D eigenvalue weighted by Gasteiger charge is 2.18. The van der Waals surface area contributed by atoms with Crippen molar-refractivity contribution in [2.24, 2.45) is 5.92 Å². The predicted octanol–water partition coefficient (Wildman–Crippen LogP) is 4.00. The molecule has 0 atom stereocenters. The summed E-state index contributed by atoms with van der Waals surface area (Å²) >= 11 is 0. The predicted molar refractivity (Wildman–Crippen MR) is 108 cm³/mol. The van der Waals surface area contributed by atoms with Crippen LogP contribution in [0.4, 0.5) is 0 Å². The Labute approximate surface area is 167 Å². The minimum atomic E-state index is -4.27. The molecule has 0 bridgehead atoms. The van der Waals surface area contributed by atoms with Crippen LogP contribution < -0.4 is 0 Å². The Bertz CT molecular complexity index is 971. The Balaban J connectivity index is 2.09. The van der Waals surface area contributed by atoms with Crippen LogP contribution in [0.3, 0.4) is 0 Å². The van der Waals surface area contributed by atoms with Crippen LogP contribution in [-0.4, -0.2) is 25.9 Å². The van der Waals surface area contributed by atoms with Crippen molar-refractivity contribution in [1.29, 1.82) is 0 Å². The van der Waals surface area contributed by atoms with Gasteiger partial charge in [0.25, 0.3) is 20.2 Å². The maximum atomic E-state index is 11.6. The van der Waals surface area contributed by atoms with E-state index < -0.39 is 20.2 Å². The molecule has 154 valence electrons. The third-order valence-corrected chi connectivity index (χ3v) is 6.71. The second-order valence-corrected chi connectivity index (χ2v) is 10.1. The van der Waals surface area contributed by atoms with Crippen LogP contribution in [0.15, 0.2) is 46.2 Å². The van der Waals surface area contributed by atoms with Gasteiger partial charge in [0.1, 0.15) is 0 Å². The van der Waals surface area contributed by atoms with E-state index in [0.29, 0.717) is 36.8 Å². The fourth-order valence-corrected chi connectivity index (χ4v) is 4.72. The van der Waals surface area contributed by atoms with Gasteiger partial charge in [-0.2, -0.15) is 16.8 Å². The lowest BCUT2D eigenvalue weighted by atomic mass is 9.94. The van der Waals surface area contributed by atoms with Gasteiger partial charge in [-0.3, -0.25) is 9.11 Å². The molecule has 0 aliphatic rings.